The van der Waals surface area contributed by atoms with Crippen LogP contribution in [-0.4, -0.2) is 30.5 Å². The number of rotatable bonds is 2. The Morgan fingerprint density at radius 2 is 2.18 bits per heavy atom. The minimum atomic E-state index is -0.0788. The molecular formula is C13H14ClNO2. The molecule has 1 unspecified atom stereocenters. The summed E-state index contributed by atoms with van der Waals surface area (Å²) in [4.78, 5) is 13.3. The molecular weight excluding hydrogens is 238 g/mol. The van der Waals surface area contributed by atoms with Crippen LogP contribution in [0.2, 0.25) is 5.02 Å². The Bertz CT molecular complexity index is 416. The predicted molar refractivity (Wildman–Crippen MR) is 66.9 cm³/mol. The van der Waals surface area contributed by atoms with E-state index in [9.17, 15) is 4.79 Å². The first-order valence-electron chi connectivity index (χ1n) is 5.49. The van der Waals surface area contributed by atoms with Crippen molar-refractivity contribution in [2.75, 3.05) is 19.7 Å². The predicted octanol–water partition coefficient (Wildman–Crippen LogP) is 2.43. The fourth-order valence-electron chi connectivity index (χ4n) is 1.86. The highest BCUT2D eigenvalue weighted by Gasteiger charge is 2.23. The molecule has 0 spiro atoms. The first-order valence-corrected chi connectivity index (χ1v) is 5.87. The average Bonchev–Trinajstić information content (AvgIpc) is 2.39. The summed E-state index contributed by atoms with van der Waals surface area (Å²) >= 11 is 5.83. The van der Waals surface area contributed by atoms with Gasteiger partial charge in [0, 0.05) is 11.6 Å². The third-order valence-corrected chi connectivity index (χ3v) is 3.05. The molecule has 1 aromatic rings. The molecule has 0 N–H and O–H groups in total. The quantitative estimate of drug-likeness (QED) is 0.756. The minimum absolute atomic E-state index is 0.0488. The second kappa shape index (κ2) is 5.34. The third kappa shape index (κ3) is 2.87. The van der Waals surface area contributed by atoms with E-state index in [1.165, 1.54) is 6.08 Å². The second-order valence-corrected chi connectivity index (χ2v) is 4.34. The second-order valence-electron chi connectivity index (χ2n) is 3.90. The van der Waals surface area contributed by atoms with Crippen molar-refractivity contribution >= 4 is 17.5 Å². The highest BCUT2D eigenvalue weighted by Crippen LogP contribution is 2.23. The monoisotopic (exact) mass is 251 g/mol. The van der Waals surface area contributed by atoms with E-state index in [1.54, 1.807) is 4.90 Å². The summed E-state index contributed by atoms with van der Waals surface area (Å²) in [6, 6.07) is 7.51. The highest BCUT2D eigenvalue weighted by atomic mass is 35.5. The smallest absolute Gasteiger partial charge is 0.246 e. The molecule has 0 bridgehead atoms. The van der Waals surface area contributed by atoms with Crippen LogP contribution in [0, 0.1) is 0 Å². The number of halogens is 1. The van der Waals surface area contributed by atoms with Crippen LogP contribution in [0.25, 0.3) is 0 Å². The zero-order chi connectivity index (χ0) is 12.3. The van der Waals surface area contributed by atoms with Crippen LogP contribution in [0.3, 0.4) is 0 Å². The Labute approximate surface area is 106 Å². The fraction of sp³-hybridized carbons (Fsp3) is 0.308. The summed E-state index contributed by atoms with van der Waals surface area (Å²) in [6.07, 6.45) is 1.26. The van der Waals surface area contributed by atoms with E-state index in [4.69, 9.17) is 16.3 Å². The molecule has 1 heterocycles. The average molecular weight is 252 g/mol. The summed E-state index contributed by atoms with van der Waals surface area (Å²) in [6.45, 7) is 5.23. The van der Waals surface area contributed by atoms with Crippen LogP contribution >= 0.6 is 11.6 Å². The van der Waals surface area contributed by atoms with Crippen molar-refractivity contribution in [1.82, 2.24) is 4.90 Å². The van der Waals surface area contributed by atoms with E-state index in [-0.39, 0.29) is 12.0 Å². The molecule has 1 aliphatic heterocycles. The largest absolute Gasteiger partial charge is 0.370 e. The molecule has 1 amide bonds. The lowest BCUT2D eigenvalue weighted by Crippen LogP contribution is -2.41. The van der Waals surface area contributed by atoms with Crippen molar-refractivity contribution in [3.63, 3.8) is 0 Å². The number of hydrogen-bond acceptors (Lipinski definition) is 2. The highest BCUT2D eigenvalue weighted by molar-refractivity contribution is 6.30. The molecule has 90 valence electrons. The van der Waals surface area contributed by atoms with E-state index >= 15 is 0 Å². The molecule has 1 fully saturated rings. The van der Waals surface area contributed by atoms with Gasteiger partial charge in [-0.15, -0.1) is 0 Å². The zero-order valence-corrected chi connectivity index (χ0v) is 10.2. The molecule has 0 saturated carbocycles. The molecule has 3 nitrogen and oxygen atoms in total. The van der Waals surface area contributed by atoms with Crippen molar-refractivity contribution in [1.29, 1.82) is 0 Å². The van der Waals surface area contributed by atoms with Crippen LogP contribution in [0.5, 0.6) is 0 Å². The first-order chi connectivity index (χ1) is 8.20. The number of hydrogen-bond donors (Lipinski definition) is 0. The third-order valence-electron chi connectivity index (χ3n) is 2.79. The van der Waals surface area contributed by atoms with Crippen molar-refractivity contribution in [2.45, 2.75) is 6.10 Å². The number of amides is 1. The lowest BCUT2D eigenvalue weighted by atomic mass is 10.1. The van der Waals surface area contributed by atoms with Crippen LogP contribution in [0.15, 0.2) is 36.9 Å². The van der Waals surface area contributed by atoms with E-state index < -0.39 is 0 Å². The minimum Gasteiger partial charge on any atom is -0.370 e. The number of ether oxygens (including phenoxy) is 1. The van der Waals surface area contributed by atoms with Crippen molar-refractivity contribution in [3.05, 3.63) is 47.5 Å². The summed E-state index contributed by atoms with van der Waals surface area (Å²) in [5.74, 6) is -0.0488. The van der Waals surface area contributed by atoms with E-state index in [0.29, 0.717) is 24.7 Å². The molecule has 1 saturated heterocycles. The Morgan fingerprint density at radius 1 is 1.47 bits per heavy atom. The van der Waals surface area contributed by atoms with Crippen molar-refractivity contribution in [2.24, 2.45) is 0 Å². The Balaban J connectivity index is 2.09. The van der Waals surface area contributed by atoms with Gasteiger partial charge in [-0.2, -0.15) is 0 Å². The van der Waals surface area contributed by atoms with Crippen LogP contribution in [0.4, 0.5) is 0 Å². The van der Waals surface area contributed by atoms with Gasteiger partial charge in [-0.25, -0.2) is 0 Å². The maximum atomic E-state index is 11.5. The Morgan fingerprint density at radius 3 is 2.82 bits per heavy atom. The van der Waals surface area contributed by atoms with Crippen molar-refractivity contribution < 1.29 is 9.53 Å². The summed E-state index contributed by atoms with van der Waals surface area (Å²) < 4.78 is 5.66. The summed E-state index contributed by atoms with van der Waals surface area (Å²) in [5.41, 5.74) is 1.04. The number of carbonyl (C=O) groups excluding carboxylic acids is 1. The molecule has 1 aliphatic rings. The molecule has 0 radical (unpaired) electrons. The first kappa shape index (κ1) is 12.1. The Hall–Kier alpha value is -1.32. The molecule has 17 heavy (non-hydrogen) atoms. The van der Waals surface area contributed by atoms with Gasteiger partial charge in [-0.3, -0.25) is 4.79 Å². The van der Waals surface area contributed by atoms with Gasteiger partial charge in [0.1, 0.15) is 6.10 Å². The maximum Gasteiger partial charge on any atom is 0.246 e. The van der Waals surface area contributed by atoms with Crippen LogP contribution < -0.4 is 0 Å². The molecule has 4 heteroatoms. The van der Waals surface area contributed by atoms with Gasteiger partial charge in [0.15, 0.2) is 0 Å². The van der Waals surface area contributed by atoms with E-state index in [1.807, 2.05) is 24.3 Å². The van der Waals surface area contributed by atoms with Crippen LogP contribution in [-0.2, 0) is 9.53 Å². The fourth-order valence-corrected chi connectivity index (χ4v) is 1.98. The van der Waals surface area contributed by atoms with Gasteiger partial charge >= 0.3 is 0 Å². The lowest BCUT2D eigenvalue weighted by molar-refractivity contribution is -0.133. The number of carbonyl (C=O) groups is 1. The molecule has 1 aromatic carbocycles. The topological polar surface area (TPSA) is 29.5 Å². The summed E-state index contributed by atoms with van der Waals surface area (Å²) in [5, 5.41) is 0.698. The standard InChI is InChI=1S/C13H14ClNO2/c1-2-13(16)15-7-8-17-12(9-15)10-3-5-11(14)6-4-10/h2-6,12H,1,7-9H2. The van der Waals surface area contributed by atoms with Gasteiger partial charge in [0.05, 0.1) is 13.2 Å². The SMILES string of the molecule is C=CC(=O)N1CCOC(c2ccc(Cl)cc2)C1. The number of morpholine rings is 1. The van der Waals surface area contributed by atoms with Gasteiger partial charge in [-0.05, 0) is 23.8 Å². The maximum absolute atomic E-state index is 11.5. The van der Waals surface area contributed by atoms with Gasteiger partial charge in [-0.1, -0.05) is 30.3 Å². The number of benzene rings is 1. The lowest BCUT2D eigenvalue weighted by Gasteiger charge is -2.32. The molecule has 0 aromatic heterocycles. The molecule has 2 rings (SSSR count). The molecule has 0 aliphatic carbocycles. The summed E-state index contributed by atoms with van der Waals surface area (Å²) in [7, 11) is 0. The van der Waals surface area contributed by atoms with Gasteiger partial charge in [0.25, 0.3) is 0 Å². The van der Waals surface area contributed by atoms with E-state index in [2.05, 4.69) is 6.58 Å². The zero-order valence-electron chi connectivity index (χ0n) is 9.43. The number of nitrogens with zero attached hydrogens (tertiary/aromatic N) is 1. The van der Waals surface area contributed by atoms with Gasteiger partial charge in [0.2, 0.25) is 5.91 Å². The van der Waals surface area contributed by atoms with Gasteiger partial charge < -0.3 is 9.64 Å². The van der Waals surface area contributed by atoms with E-state index in [0.717, 1.165) is 5.56 Å². The Kier molecular flexibility index (Phi) is 3.82. The van der Waals surface area contributed by atoms with Crippen LogP contribution in [0.1, 0.15) is 11.7 Å². The normalized spacial score (nSPS) is 20.1. The molecule has 1 atom stereocenters. The van der Waals surface area contributed by atoms with Crippen molar-refractivity contribution in [3.8, 4) is 0 Å².